The fourth-order valence-electron chi connectivity index (χ4n) is 1.96. The van der Waals surface area contributed by atoms with E-state index in [-0.39, 0.29) is 12.4 Å². The molecule has 1 aromatic carbocycles. The SMILES string of the molecule is Cc1ccc(OCCNC(=O)COC(=O)c2ccco2)c(C)c1. The Balaban J connectivity index is 1.64. The standard InChI is InChI=1S/C17H19NO5/c1-12-5-6-14(13(2)10-12)22-9-7-18-16(19)11-23-17(20)15-4-3-8-21-15/h3-6,8,10H,7,9,11H2,1-2H3,(H,18,19). The molecule has 6 heteroatoms. The first-order chi connectivity index (χ1) is 11.1. The Bertz CT molecular complexity index is 664. The molecule has 1 N–H and O–H groups in total. The van der Waals surface area contributed by atoms with Crippen LogP contribution in [0.4, 0.5) is 0 Å². The van der Waals surface area contributed by atoms with Gasteiger partial charge in [0.15, 0.2) is 6.61 Å². The summed E-state index contributed by atoms with van der Waals surface area (Å²) in [5, 5.41) is 2.61. The molecule has 0 unspecified atom stereocenters. The number of hydrogen-bond acceptors (Lipinski definition) is 5. The zero-order valence-corrected chi connectivity index (χ0v) is 13.1. The number of ether oxygens (including phenoxy) is 2. The molecule has 0 aliphatic carbocycles. The Hall–Kier alpha value is -2.76. The first-order valence-corrected chi connectivity index (χ1v) is 7.23. The van der Waals surface area contributed by atoms with Gasteiger partial charge in [0, 0.05) is 0 Å². The van der Waals surface area contributed by atoms with E-state index in [1.807, 2.05) is 32.0 Å². The lowest BCUT2D eigenvalue weighted by Gasteiger charge is -2.10. The molecule has 23 heavy (non-hydrogen) atoms. The topological polar surface area (TPSA) is 77.8 Å². The third kappa shape index (κ3) is 5.18. The predicted molar refractivity (Wildman–Crippen MR) is 83.4 cm³/mol. The Morgan fingerprint density at radius 3 is 2.74 bits per heavy atom. The summed E-state index contributed by atoms with van der Waals surface area (Å²) in [5.41, 5.74) is 2.21. The molecule has 0 atom stereocenters. The number of esters is 1. The van der Waals surface area contributed by atoms with Gasteiger partial charge < -0.3 is 19.2 Å². The second-order valence-corrected chi connectivity index (χ2v) is 5.02. The fraction of sp³-hybridized carbons (Fsp3) is 0.294. The van der Waals surface area contributed by atoms with Crippen LogP contribution in [0.1, 0.15) is 21.7 Å². The molecule has 0 fully saturated rings. The second-order valence-electron chi connectivity index (χ2n) is 5.02. The average molecular weight is 317 g/mol. The lowest BCUT2D eigenvalue weighted by atomic mass is 10.1. The van der Waals surface area contributed by atoms with Crippen molar-refractivity contribution in [1.82, 2.24) is 5.32 Å². The van der Waals surface area contributed by atoms with E-state index in [1.54, 1.807) is 6.07 Å². The molecule has 1 heterocycles. The van der Waals surface area contributed by atoms with E-state index in [2.05, 4.69) is 5.32 Å². The molecule has 0 saturated carbocycles. The second kappa shape index (κ2) is 8.03. The van der Waals surface area contributed by atoms with E-state index in [4.69, 9.17) is 13.9 Å². The lowest BCUT2D eigenvalue weighted by molar-refractivity contribution is -0.124. The zero-order chi connectivity index (χ0) is 16.7. The highest BCUT2D eigenvalue weighted by Gasteiger charge is 2.12. The van der Waals surface area contributed by atoms with Crippen LogP contribution < -0.4 is 10.1 Å². The van der Waals surface area contributed by atoms with E-state index in [0.29, 0.717) is 13.2 Å². The van der Waals surface area contributed by atoms with Crippen LogP contribution in [0.5, 0.6) is 5.75 Å². The number of carbonyl (C=O) groups excluding carboxylic acids is 2. The fourth-order valence-corrected chi connectivity index (χ4v) is 1.96. The number of aryl methyl sites for hydroxylation is 2. The van der Waals surface area contributed by atoms with Crippen LogP contribution in [0.2, 0.25) is 0 Å². The molecule has 0 bridgehead atoms. The van der Waals surface area contributed by atoms with Gasteiger partial charge in [-0.25, -0.2) is 4.79 Å². The maximum atomic E-state index is 11.6. The number of hydrogen-bond donors (Lipinski definition) is 1. The van der Waals surface area contributed by atoms with Crippen LogP contribution in [0.3, 0.4) is 0 Å². The number of benzene rings is 1. The summed E-state index contributed by atoms with van der Waals surface area (Å²) >= 11 is 0. The minimum absolute atomic E-state index is 0.0657. The molecule has 0 radical (unpaired) electrons. The molecule has 1 aromatic heterocycles. The summed E-state index contributed by atoms with van der Waals surface area (Å²) in [7, 11) is 0. The lowest BCUT2D eigenvalue weighted by Crippen LogP contribution is -2.32. The molecule has 0 spiro atoms. The summed E-state index contributed by atoms with van der Waals surface area (Å²) < 4.78 is 15.3. The van der Waals surface area contributed by atoms with Crippen molar-refractivity contribution in [3.63, 3.8) is 0 Å². The molecule has 2 aromatic rings. The maximum absolute atomic E-state index is 11.6. The van der Waals surface area contributed by atoms with Crippen LogP contribution >= 0.6 is 0 Å². The molecule has 2 rings (SSSR count). The molecular weight excluding hydrogens is 298 g/mol. The van der Waals surface area contributed by atoms with Crippen LogP contribution in [0.25, 0.3) is 0 Å². The zero-order valence-electron chi connectivity index (χ0n) is 13.1. The average Bonchev–Trinajstić information content (AvgIpc) is 3.05. The molecule has 6 nitrogen and oxygen atoms in total. The van der Waals surface area contributed by atoms with E-state index < -0.39 is 11.9 Å². The van der Waals surface area contributed by atoms with Crippen LogP contribution in [0, 0.1) is 13.8 Å². The van der Waals surface area contributed by atoms with Gasteiger partial charge in [-0.1, -0.05) is 17.7 Å². The van der Waals surface area contributed by atoms with Crippen molar-refractivity contribution >= 4 is 11.9 Å². The van der Waals surface area contributed by atoms with Crippen LogP contribution in [0.15, 0.2) is 41.0 Å². The monoisotopic (exact) mass is 317 g/mol. The largest absolute Gasteiger partial charge is 0.491 e. The molecule has 122 valence electrons. The summed E-state index contributed by atoms with van der Waals surface area (Å²) in [4.78, 5) is 23.0. The smallest absolute Gasteiger partial charge is 0.374 e. The molecule has 1 amide bonds. The van der Waals surface area contributed by atoms with Crippen molar-refractivity contribution in [2.24, 2.45) is 0 Å². The van der Waals surface area contributed by atoms with Crippen molar-refractivity contribution in [3.05, 3.63) is 53.5 Å². The third-order valence-electron chi connectivity index (χ3n) is 3.07. The van der Waals surface area contributed by atoms with Gasteiger partial charge in [-0.15, -0.1) is 0 Å². The van der Waals surface area contributed by atoms with Crippen molar-refractivity contribution in [3.8, 4) is 5.75 Å². The quantitative estimate of drug-likeness (QED) is 0.626. The van der Waals surface area contributed by atoms with Gasteiger partial charge in [-0.05, 0) is 37.6 Å². The highest BCUT2D eigenvalue weighted by Crippen LogP contribution is 2.18. The van der Waals surface area contributed by atoms with E-state index in [9.17, 15) is 9.59 Å². The number of amides is 1. The van der Waals surface area contributed by atoms with Gasteiger partial charge in [0.2, 0.25) is 5.76 Å². The Kier molecular flexibility index (Phi) is 5.80. The van der Waals surface area contributed by atoms with E-state index in [1.165, 1.54) is 17.9 Å². The van der Waals surface area contributed by atoms with Crippen molar-refractivity contribution in [2.75, 3.05) is 19.8 Å². The van der Waals surface area contributed by atoms with Crippen molar-refractivity contribution in [2.45, 2.75) is 13.8 Å². The number of furan rings is 1. The first kappa shape index (κ1) is 16.6. The molecule has 0 aliphatic heterocycles. The van der Waals surface area contributed by atoms with Gasteiger partial charge >= 0.3 is 5.97 Å². The summed E-state index contributed by atoms with van der Waals surface area (Å²) in [6.45, 7) is 4.28. The normalized spacial score (nSPS) is 10.2. The highest BCUT2D eigenvalue weighted by molar-refractivity contribution is 5.88. The number of nitrogens with one attached hydrogen (secondary N) is 1. The molecule has 0 aliphatic rings. The van der Waals surface area contributed by atoms with Gasteiger partial charge in [0.1, 0.15) is 12.4 Å². The Morgan fingerprint density at radius 1 is 1.22 bits per heavy atom. The minimum Gasteiger partial charge on any atom is -0.491 e. The summed E-state index contributed by atoms with van der Waals surface area (Å²) in [6, 6.07) is 8.94. The van der Waals surface area contributed by atoms with Crippen molar-refractivity contribution < 1.29 is 23.5 Å². The third-order valence-corrected chi connectivity index (χ3v) is 3.07. The maximum Gasteiger partial charge on any atom is 0.374 e. The van der Waals surface area contributed by atoms with E-state index in [0.717, 1.165) is 11.3 Å². The summed E-state index contributed by atoms with van der Waals surface area (Å²) in [5.74, 6) is -0.212. The van der Waals surface area contributed by atoms with Crippen molar-refractivity contribution in [1.29, 1.82) is 0 Å². The highest BCUT2D eigenvalue weighted by atomic mass is 16.5. The molecule has 0 saturated heterocycles. The minimum atomic E-state index is -0.670. The summed E-state index contributed by atoms with van der Waals surface area (Å²) in [6.07, 6.45) is 1.36. The number of rotatable bonds is 7. The van der Waals surface area contributed by atoms with Gasteiger partial charge in [0.25, 0.3) is 5.91 Å². The van der Waals surface area contributed by atoms with Gasteiger partial charge in [-0.2, -0.15) is 0 Å². The van der Waals surface area contributed by atoms with Gasteiger partial charge in [0.05, 0.1) is 12.8 Å². The van der Waals surface area contributed by atoms with Crippen LogP contribution in [-0.4, -0.2) is 31.6 Å². The number of carbonyl (C=O) groups is 2. The van der Waals surface area contributed by atoms with Gasteiger partial charge in [-0.3, -0.25) is 4.79 Å². The Morgan fingerprint density at radius 2 is 2.04 bits per heavy atom. The first-order valence-electron chi connectivity index (χ1n) is 7.23. The predicted octanol–water partition coefficient (Wildman–Crippen LogP) is 2.25. The molecular formula is C17H19NO5. The van der Waals surface area contributed by atoms with E-state index >= 15 is 0 Å². The Labute approximate surface area is 134 Å². The van der Waals surface area contributed by atoms with Crippen LogP contribution in [-0.2, 0) is 9.53 Å².